The first kappa shape index (κ1) is 9.41. The van der Waals surface area contributed by atoms with Crippen LogP contribution in [0.4, 0.5) is 0 Å². The summed E-state index contributed by atoms with van der Waals surface area (Å²) in [6.45, 7) is 1.24. The minimum absolute atomic E-state index is 0.793. The number of nitrogens with one attached hydrogen (secondary N) is 1. The Hall–Kier alpha value is -0.820. The van der Waals surface area contributed by atoms with Crippen LogP contribution in [-0.2, 0) is 6.42 Å². The molecule has 1 aromatic rings. The third-order valence-corrected chi connectivity index (χ3v) is 3.99. The third kappa shape index (κ3) is 1.81. The highest BCUT2D eigenvalue weighted by Gasteiger charge is 2.25. The van der Waals surface area contributed by atoms with E-state index in [1.54, 1.807) is 11.1 Å². The molecular weight excluding hydrogens is 182 g/mol. The lowest BCUT2D eigenvalue weighted by Gasteiger charge is -2.16. The molecule has 1 heteroatoms. The maximum atomic E-state index is 3.61. The van der Waals surface area contributed by atoms with Gasteiger partial charge in [0.05, 0.1) is 0 Å². The first-order chi connectivity index (χ1) is 7.43. The van der Waals surface area contributed by atoms with Crippen molar-refractivity contribution < 1.29 is 0 Å². The van der Waals surface area contributed by atoms with E-state index in [0.717, 1.165) is 12.0 Å². The molecule has 0 amide bonds. The average Bonchev–Trinajstić information content (AvgIpc) is 2.89. The molecular formula is C14H19N. The van der Waals surface area contributed by atoms with E-state index in [-0.39, 0.29) is 0 Å². The van der Waals surface area contributed by atoms with E-state index in [0.29, 0.717) is 0 Å². The molecule has 3 rings (SSSR count). The molecule has 1 aliphatic heterocycles. The predicted molar refractivity (Wildman–Crippen MR) is 63.1 cm³/mol. The first-order valence-electron chi connectivity index (χ1n) is 6.24. The zero-order valence-electron chi connectivity index (χ0n) is 9.21. The molecule has 2 aliphatic rings. The largest absolute Gasteiger partial charge is 0.314 e. The number of fused-ring (bicyclic) bond motifs is 1. The summed E-state index contributed by atoms with van der Waals surface area (Å²) in [5.41, 5.74) is 3.23. The number of benzene rings is 1. The normalized spacial score (nSPS) is 29.3. The zero-order valence-corrected chi connectivity index (χ0v) is 9.21. The number of aryl methyl sites for hydroxylation is 1. The summed E-state index contributed by atoms with van der Waals surface area (Å²) in [6.07, 6.45) is 6.79. The smallest absolute Gasteiger partial charge is 0.00733 e. The standard InChI is InChI=1S/C14H19N/c1-2-6-14-11(4-1)7-8-12(14)10-13-5-3-9-15-13/h1-2,4,6,12-13,15H,3,5,7-10H2. The van der Waals surface area contributed by atoms with Crippen molar-refractivity contribution in [3.63, 3.8) is 0 Å². The molecule has 0 radical (unpaired) electrons. The monoisotopic (exact) mass is 201 g/mol. The molecule has 1 nitrogen and oxygen atoms in total. The van der Waals surface area contributed by atoms with Crippen LogP contribution < -0.4 is 5.32 Å². The van der Waals surface area contributed by atoms with Crippen molar-refractivity contribution in [2.24, 2.45) is 0 Å². The highest BCUT2D eigenvalue weighted by Crippen LogP contribution is 2.36. The Bertz CT molecular complexity index is 339. The Labute approximate surface area is 91.9 Å². The first-order valence-corrected chi connectivity index (χ1v) is 6.24. The van der Waals surface area contributed by atoms with Gasteiger partial charge in [0, 0.05) is 6.04 Å². The van der Waals surface area contributed by atoms with Crippen LogP contribution in [0, 0.1) is 0 Å². The van der Waals surface area contributed by atoms with Crippen molar-refractivity contribution in [2.75, 3.05) is 6.54 Å². The summed E-state index contributed by atoms with van der Waals surface area (Å²) in [5.74, 6) is 0.830. The van der Waals surface area contributed by atoms with Gasteiger partial charge in [-0.25, -0.2) is 0 Å². The van der Waals surface area contributed by atoms with Crippen molar-refractivity contribution in [1.29, 1.82) is 0 Å². The van der Waals surface area contributed by atoms with E-state index in [1.165, 1.54) is 38.6 Å². The molecule has 0 spiro atoms. The minimum Gasteiger partial charge on any atom is -0.314 e. The fourth-order valence-corrected chi connectivity index (χ4v) is 3.19. The van der Waals surface area contributed by atoms with Crippen LogP contribution in [0.5, 0.6) is 0 Å². The van der Waals surface area contributed by atoms with Gasteiger partial charge in [0.1, 0.15) is 0 Å². The van der Waals surface area contributed by atoms with Crippen molar-refractivity contribution in [3.05, 3.63) is 35.4 Å². The second-order valence-electron chi connectivity index (χ2n) is 4.96. The molecule has 80 valence electrons. The molecule has 2 atom stereocenters. The average molecular weight is 201 g/mol. The van der Waals surface area contributed by atoms with Crippen LogP contribution in [0.25, 0.3) is 0 Å². The van der Waals surface area contributed by atoms with Crippen LogP contribution in [0.15, 0.2) is 24.3 Å². The van der Waals surface area contributed by atoms with Crippen LogP contribution >= 0.6 is 0 Å². The van der Waals surface area contributed by atoms with Crippen molar-refractivity contribution in [2.45, 2.75) is 44.1 Å². The zero-order chi connectivity index (χ0) is 10.1. The van der Waals surface area contributed by atoms with E-state index < -0.39 is 0 Å². The van der Waals surface area contributed by atoms with Gasteiger partial charge in [-0.05, 0) is 55.7 Å². The Kier molecular flexibility index (Phi) is 2.49. The second-order valence-corrected chi connectivity index (χ2v) is 4.96. The van der Waals surface area contributed by atoms with Gasteiger partial charge in [0.25, 0.3) is 0 Å². The summed E-state index contributed by atoms with van der Waals surface area (Å²) < 4.78 is 0. The number of hydrogen-bond acceptors (Lipinski definition) is 1. The highest BCUT2D eigenvalue weighted by molar-refractivity contribution is 5.34. The van der Waals surface area contributed by atoms with Gasteiger partial charge in [-0.1, -0.05) is 24.3 Å². The van der Waals surface area contributed by atoms with Gasteiger partial charge in [0.15, 0.2) is 0 Å². The van der Waals surface area contributed by atoms with Crippen molar-refractivity contribution >= 4 is 0 Å². The second kappa shape index (κ2) is 3.97. The van der Waals surface area contributed by atoms with Gasteiger partial charge in [0.2, 0.25) is 0 Å². The predicted octanol–water partition coefficient (Wildman–Crippen LogP) is 2.86. The maximum Gasteiger partial charge on any atom is 0.00733 e. The lowest BCUT2D eigenvalue weighted by atomic mass is 9.93. The Morgan fingerprint density at radius 1 is 1.20 bits per heavy atom. The van der Waals surface area contributed by atoms with Crippen LogP contribution in [0.1, 0.15) is 42.7 Å². The van der Waals surface area contributed by atoms with Crippen molar-refractivity contribution in [3.8, 4) is 0 Å². The van der Waals surface area contributed by atoms with E-state index in [4.69, 9.17) is 0 Å². The number of hydrogen-bond donors (Lipinski definition) is 1. The quantitative estimate of drug-likeness (QED) is 0.776. The molecule has 1 aromatic carbocycles. The van der Waals surface area contributed by atoms with Crippen LogP contribution in [0.2, 0.25) is 0 Å². The lowest BCUT2D eigenvalue weighted by Crippen LogP contribution is -2.23. The fraction of sp³-hybridized carbons (Fsp3) is 0.571. The van der Waals surface area contributed by atoms with E-state index in [2.05, 4.69) is 29.6 Å². The van der Waals surface area contributed by atoms with Gasteiger partial charge >= 0.3 is 0 Å². The lowest BCUT2D eigenvalue weighted by molar-refractivity contribution is 0.488. The summed E-state index contributed by atoms with van der Waals surface area (Å²) in [6, 6.07) is 9.80. The molecule has 1 aliphatic carbocycles. The fourth-order valence-electron chi connectivity index (χ4n) is 3.19. The summed E-state index contributed by atoms with van der Waals surface area (Å²) >= 11 is 0. The number of rotatable bonds is 2. The Morgan fingerprint density at radius 3 is 3.00 bits per heavy atom. The molecule has 1 heterocycles. The molecule has 0 saturated carbocycles. The summed E-state index contributed by atoms with van der Waals surface area (Å²) in [5, 5.41) is 3.61. The van der Waals surface area contributed by atoms with Crippen LogP contribution in [-0.4, -0.2) is 12.6 Å². The van der Waals surface area contributed by atoms with E-state index >= 15 is 0 Å². The maximum absolute atomic E-state index is 3.61. The van der Waals surface area contributed by atoms with E-state index in [9.17, 15) is 0 Å². The van der Waals surface area contributed by atoms with Gasteiger partial charge < -0.3 is 5.32 Å². The van der Waals surface area contributed by atoms with Gasteiger partial charge in [-0.15, -0.1) is 0 Å². The molecule has 0 aromatic heterocycles. The topological polar surface area (TPSA) is 12.0 Å². The molecule has 1 fully saturated rings. The molecule has 2 unspecified atom stereocenters. The highest BCUT2D eigenvalue weighted by atomic mass is 14.9. The molecule has 0 bridgehead atoms. The summed E-state index contributed by atoms with van der Waals surface area (Å²) in [7, 11) is 0. The van der Waals surface area contributed by atoms with Crippen LogP contribution in [0.3, 0.4) is 0 Å². The van der Waals surface area contributed by atoms with Crippen molar-refractivity contribution in [1.82, 2.24) is 5.32 Å². The molecule has 15 heavy (non-hydrogen) atoms. The minimum atomic E-state index is 0.793. The van der Waals surface area contributed by atoms with Gasteiger partial charge in [-0.3, -0.25) is 0 Å². The Balaban J connectivity index is 1.73. The van der Waals surface area contributed by atoms with E-state index in [1.807, 2.05) is 0 Å². The molecule has 1 saturated heterocycles. The summed E-state index contributed by atoms with van der Waals surface area (Å²) in [4.78, 5) is 0. The molecule has 1 N–H and O–H groups in total. The Morgan fingerprint density at radius 2 is 2.13 bits per heavy atom. The SMILES string of the molecule is c1ccc2c(c1)CCC2CC1CCCN1. The third-order valence-electron chi connectivity index (χ3n) is 3.99. The van der Waals surface area contributed by atoms with Gasteiger partial charge in [-0.2, -0.15) is 0 Å².